The molecule has 0 aliphatic carbocycles. The second-order valence-corrected chi connectivity index (χ2v) is 6.44. The van der Waals surface area contributed by atoms with Crippen LogP contribution in [-0.2, 0) is 22.7 Å². The van der Waals surface area contributed by atoms with Crippen LogP contribution in [0.5, 0.6) is 0 Å². The molecule has 0 radical (unpaired) electrons. The van der Waals surface area contributed by atoms with E-state index in [1.165, 1.54) is 0 Å². The standard InChI is InChI=1S/C21H26N2O4/c1-22(2)23(14-8-13-20(24)25)15-18-11-6-7-12-19(18)16-27-21(26)17-9-4-3-5-10-17/h3-7,9-12H,8,13-16H2,1-2H3,(H,24,25). The van der Waals surface area contributed by atoms with Gasteiger partial charge in [0.25, 0.3) is 0 Å². The van der Waals surface area contributed by atoms with Crippen molar-refractivity contribution in [3.63, 3.8) is 0 Å². The molecule has 0 saturated heterocycles. The molecular weight excluding hydrogens is 344 g/mol. The number of esters is 1. The van der Waals surface area contributed by atoms with Crippen molar-refractivity contribution in [3.05, 3.63) is 71.3 Å². The summed E-state index contributed by atoms with van der Waals surface area (Å²) in [6.07, 6.45) is 0.708. The van der Waals surface area contributed by atoms with Crippen LogP contribution in [0.15, 0.2) is 54.6 Å². The third kappa shape index (κ3) is 6.84. The zero-order valence-electron chi connectivity index (χ0n) is 15.8. The number of carboxylic acid groups (broad SMARTS) is 1. The van der Waals surface area contributed by atoms with Gasteiger partial charge in [0, 0.05) is 33.6 Å². The SMILES string of the molecule is CN(C)N(CCCC(=O)O)Cc1ccccc1COC(=O)c1ccccc1. The molecule has 0 fully saturated rings. The molecule has 0 unspecified atom stereocenters. The van der Waals surface area contributed by atoms with Gasteiger partial charge in [-0.15, -0.1) is 0 Å². The topological polar surface area (TPSA) is 70.1 Å². The van der Waals surface area contributed by atoms with Gasteiger partial charge in [0.2, 0.25) is 0 Å². The highest BCUT2D eigenvalue weighted by Gasteiger charge is 2.13. The highest BCUT2D eigenvalue weighted by Crippen LogP contribution is 2.15. The molecule has 0 atom stereocenters. The van der Waals surface area contributed by atoms with Crippen molar-refractivity contribution in [1.29, 1.82) is 0 Å². The van der Waals surface area contributed by atoms with Gasteiger partial charge in [0.1, 0.15) is 6.61 Å². The molecule has 0 bridgehead atoms. The predicted octanol–water partition coefficient (Wildman–Crippen LogP) is 3.19. The van der Waals surface area contributed by atoms with Gasteiger partial charge >= 0.3 is 11.9 Å². The second-order valence-electron chi connectivity index (χ2n) is 6.44. The summed E-state index contributed by atoms with van der Waals surface area (Å²) in [6, 6.07) is 16.7. The Morgan fingerprint density at radius 1 is 0.963 bits per heavy atom. The van der Waals surface area contributed by atoms with Crippen molar-refractivity contribution >= 4 is 11.9 Å². The molecule has 0 aliphatic heterocycles. The summed E-state index contributed by atoms with van der Waals surface area (Å²) in [7, 11) is 3.86. The van der Waals surface area contributed by atoms with Crippen LogP contribution in [0.1, 0.15) is 34.3 Å². The molecule has 6 nitrogen and oxygen atoms in total. The first-order chi connectivity index (χ1) is 13.0. The lowest BCUT2D eigenvalue weighted by molar-refractivity contribution is -0.137. The predicted molar refractivity (Wildman–Crippen MR) is 103 cm³/mol. The minimum Gasteiger partial charge on any atom is -0.481 e. The van der Waals surface area contributed by atoms with E-state index in [-0.39, 0.29) is 19.0 Å². The van der Waals surface area contributed by atoms with E-state index in [1.807, 2.05) is 49.4 Å². The number of hydrogen-bond acceptors (Lipinski definition) is 5. The van der Waals surface area contributed by atoms with Crippen LogP contribution in [0.3, 0.4) is 0 Å². The smallest absolute Gasteiger partial charge is 0.338 e. The van der Waals surface area contributed by atoms with E-state index < -0.39 is 5.97 Å². The molecule has 144 valence electrons. The first-order valence-electron chi connectivity index (χ1n) is 8.90. The molecule has 0 spiro atoms. The fraction of sp³-hybridized carbons (Fsp3) is 0.333. The van der Waals surface area contributed by atoms with Crippen LogP contribution < -0.4 is 0 Å². The molecule has 0 heterocycles. The summed E-state index contributed by atoms with van der Waals surface area (Å²) in [4.78, 5) is 22.9. The van der Waals surface area contributed by atoms with Crippen LogP contribution in [-0.4, -0.2) is 47.7 Å². The number of aliphatic carboxylic acids is 1. The molecule has 1 N–H and O–H groups in total. The summed E-state index contributed by atoms with van der Waals surface area (Å²) in [5.41, 5.74) is 2.51. The monoisotopic (exact) mass is 370 g/mol. The molecular formula is C21H26N2O4. The molecule has 2 aromatic carbocycles. The average molecular weight is 370 g/mol. The van der Waals surface area contributed by atoms with Gasteiger partial charge in [0.15, 0.2) is 0 Å². The van der Waals surface area contributed by atoms with Crippen LogP contribution in [0.4, 0.5) is 0 Å². The molecule has 0 amide bonds. The van der Waals surface area contributed by atoms with Crippen molar-refractivity contribution in [1.82, 2.24) is 10.0 Å². The Bertz CT molecular complexity index is 747. The van der Waals surface area contributed by atoms with E-state index in [9.17, 15) is 9.59 Å². The largest absolute Gasteiger partial charge is 0.481 e. The van der Waals surface area contributed by atoms with Crippen molar-refractivity contribution in [2.75, 3.05) is 20.6 Å². The number of carboxylic acids is 1. The maximum atomic E-state index is 12.2. The van der Waals surface area contributed by atoms with Gasteiger partial charge in [-0.25, -0.2) is 14.8 Å². The Morgan fingerprint density at radius 3 is 2.22 bits per heavy atom. The molecule has 6 heteroatoms. The quantitative estimate of drug-likeness (QED) is 0.512. The summed E-state index contributed by atoms with van der Waals surface area (Å²) in [5.74, 6) is -1.14. The molecule has 27 heavy (non-hydrogen) atoms. The first kappa shape index (κ1) is 20.6. The fourth-order valence-corrected chi connectivity index (χ4v) is 2.68. The summed E-state index contributed by atoms with van der Waals surface area (Å²) in [6.45, 7) is 1.45. The number of ether oxygens (including phenoxy) is 1. The molecule has 0 saturated carbocycles. The maximum absolute atomic E-state index is 12.2. The second kappa shape index (κ2) is 10.4. The lowest BCUT2D eigenvalue weighted by atomic mass is 10.1. The Kier molecular flexibility index (Phi) is 7.98. The number of nitrogens with zero attached hydrogens (tertiary/aromatic N) is 2. The number of carbonyl (C=O) groups excluding carboxylic acids is 1. The van der Waals surface area contributed by atoms with Crippen LogP contribution in [0.25, 0.3) is 0 Å². The third-order valence-corrected chi connectivity index (χ3v) is 4.21. The minimum atomic E-state index is -0.790. The van der Waals surface area contributed by atoms with Gasteiger partial charge in [-0.05, 0) is 29.7 Å². The van der Waals surface area contributed by atoms with Crippen molar-refractivity contribution in [2.24, 2.45) is 0 Å². The third-order valence-electron chi connectivity index (χ3n) is 4.21. The zero-order valence-corrected chi connectivity index (χ0v) is 15.8. The summed E-state index contributed by atoms with van der Waals surface area (Å²) in [5, 5.41) is 12.9. The highest BCUT2D eigenvalue weighted by molar-refractivity contribution is 5.89. The zero-order chi connectivity index (χ0) is 19.6. The number of hydrazine groups is 1. The highest BCUT2D eigenvalue weighted by atomic mass is 16.5. The van der Waals surface area contributed by atoms with Gasteiger partial charge in [0.05, 0.1) is 5.56 Å². The van der Waals surface area contributed by atoms with E-state index in [1.54, 1.807) is 24.3 Å². The average Bonchev–Trinajstić information content (AvgIpc) is 2.66. The van der Waals surface area contributed by atoms with Crippen molar-refractivity contribution < 1.29 is 19.4 Å². The number of carbonyl (C=O) groups is 2. The number of rotatable bonds is 10. The van der Waals surface area contributed by atoms with Crippen LogP contribution >= 0.6 is 0 Å². The Labute approximate surface area is 159 Å². The van der Waals surface area contributed by atoms with E-state index in [4.69, 9.17) is 9.84 Å². The van der Waals surface area contributed by atoms with Crippen LogP contribution in [0.2, 0.25) is 0 Å². The van der Waals surface area contributed by atoms with Crippen molar-refractivity contribution in [2.45, 2.75) is 26.0 Å². The Morgan fingerprint density at radius 2 is 1.59 bits per heavy atom. The summed E-state index contributed by atoms with van der Waals surface area (Å²) < 4.78 is 5.46. The molecule has 0 aromatic heterocycles. The van der Waals surface area contributed by atoms with E-state index >= 15 is 0 Å². The normalized spacial score (nSPS) is 11.0. The lowest BCUT2D eigenvalue weighted by Crippen LogP contribution is -2.37. The van der Waals surface area contributed by atoms with E-state index in [0.29, 0.717) is 25.1 Å². The van der Waals surface area contributed by atoms with Crippen molar-refractivity contribution in [3.8, 4) is 0 Å². The van der Waals surface area contributed by atoms with E-state index in [2.05, 4.69) is 5.01 Å². The first-order valence-corrected chi connectivity index (χ1v) is 8.90. The van der Waals surface area contributed by atoms with Gasteiger partial charge in [-0.3, -0.25) is 4.79 Å². The Balaban J connectivity index is 2.00. The number of benzene rings is 2. The molecule has 0 aliphatic rings. The van der Waals surface area contributed by atoms with Crippen LogP contribution in [0, 0.1) is 0 Å². The molecule has 2 rings (SSSR count). The van der Waals surface area contributed by atoms with Gasteiger partial charge in [-0.1, -0.05) is 42.5 Å². The summed E-state index contributed by atoms with van der Waals surface area (Å²) >= 11 is 0. The number of hydrogen-bond donors (Lipinski definition) is 1. The minimum absolute atomic E-state index is 0.140. The lowest BCUT2D eigenvalue weighted by Gasteiger charge is -2.29. The van der Waals surface area contributed by atoms with Gasteiger partial charge in [-0.2, -0.15) is 0 Å². The van der Waals surface area contributed by atoms with Gasteiger partial charge < -0.3 is 9.84 Å². The van der Waals surface area contributed by atoms with E-state index in [0.717, 1.165) is 11.1 Å². The fourth-order valence-electron chi connectivity index (χ4n) is 2.68. The molecule has 2 aromatic rings. The Hall–Kier alpha value is -2.70. The maximum Gasteiger partial charge on any atom is 0.338 e.